The largest absolute Gasteiger partial charge is 0.455 e. The van der Waals surface area contributed by atoms with Gasteiger partial charge in [-0.05, 0) is 54.9 Å². The third kappa shape index (κ3) is 2.53. The Morgan fingerprint density at radius 3 is 2.39 bits per heavy atom. The number of aromatic nitrogens is 1. The van der Waals surface area contributed by atoms with Crippen molar-refractivity contribution in [1.29, 1.82) is 0 Å². The molecule has 5 rings (SSSR count). The number of hydrogen-bond donors (Lipinski definition) is 0. The van der Waals surface area contributed by atoms with Crippen molar-refractivity contribution < 1.29 is 16.8 Å². The van der Waals surface area contributed by atoms with Crippen LogP contribution in [0.3, 0.4) is 0 Å². The monoisotopic (exact) mass is 372 g/mol. The number of furan rings is 1. The van der Waals surface area contributed by atoms with E-state index in [9.17, 15) is 0 Å². The van der Waals surface area contributed by atoms with Crippen molar-refractivity contribution in [1.82, 2.24) is 4.98 Å². The van der Waals surface area contributed by atoms with Crippen LogP contribution in [-0.4, -0.2) is 4.98 Å². The van der Waals surface area contributed by atoms with Gasteiger partial charge in [-0.2, -0.15) is 0 Å². The first-order valence-electron chi connectivity index (χ1n) is 13.3. The average molecular weight is 373 g/mol. The van der Waals surface area contributed by atoms with Crippen molar-refractivity contribution in [3.63, 3.8) is 0 Å². The molecule has 2 aromatic heterocycles. The van der Waals surface area contributed by atoms with Crippen molar-refractivity contribution in [2.24, 2.45) is 0 Å². The van der Waals surface area contributed by atoms with Crippen LogP contribution in [-0.2, 0) is 0 Å². The van der Waals surface area contributed by atoms with Crippen LogP contribution in [0.25, 0.3) is 44.3 Å². The van der Waals surface area contributed by atoms with Crippen LogP contribution in [0.2, 0.25) is 0 Å². The molecule has 0 radical (unpaired) electrons. The fourth-order valence-corrected chi connectivity index (χ4v) is 3.56. The van der Waals surface area contributed by atoms with Gasteiger partial charge in [0.15, 0.2) is 0 Å². The zero-order chi connectivity index (χ0) is 26.8. The Morgan fingerprint density at radius 1 is 0.750 bits per heavy atom. The second-order valence-electron chi connectivity index (χ2n) is 6.63. The number of aryl methyl sites for hydroxylation is 3. The highest BCUT2D eigenvalue weighted by Crippen LogP contribution is 2.40. The van der Waals surface area contributed by atoms with E-state index in [1.807, 2.05) is 36.4 Å². The molecule has 2 nitrogen and oxygen atoms in total. The lowest BCUT2D eigenvalue weighted by atomic mass is 9.97. The van der Waals surface area contributed by atoms with Gasteiger partial charge in [-0.1, -0.05) is 54.6 Å². The zero-order valence-corrected chi connectivity index (χ0v) is 14.8. The van der Waals surface area contributed by atoms with Crippen LogP contribution < -0.4 is 0 Å². The second-order valence-corrected chi connectivity index (χ2v) is 6.63. The third-order valence-corrected chi connectivity index (χ3v) is 4.91. The molecule has 0 amide bonds. The first-order valence-corrected chi connectivity index (χ1v) is 8.82. The summed E-state index contributed by atoms with van der Waals surface area (Å²) in [7, 11) is 0. The lowest BCUT2D eigenvalue weighted by Gasteiger charge is -2.06. The molecular weight excluding hydrogens is 342 g/mol. The zero-order valence-electron chi connectivity index (χ0n) is 23.8. The molecule has 3 aromatic carbocycles. The highest BCUT2D eigenvalue weighted by molar-refractivity contribution is 6.13. The first-order chi connectivity index (χ1) is 17.3. The Morgan fingerprint density at radius 2 is 1.57 bits per heavy atom. The van der Waals surface area contributed by atoms with E-state index in [4.69, 9.17) is 16.8 Å². The summed E-state index contributed by atoms with van der Waals surface area (Å²) in [6, 6.07) is 19.0. The topological polar surface area (TPSA) is 26.0 Å². The molecule has 0 saturated heterocycles. The summed E-state index contributed by atoms with van der Waals surface area (Å²) in [4.78, 5) is 4.29. The summed E-state index contributed by atoms with van der Waals surface area (Å²) in [5, 5.41) is 1.39. The summed E-state index contributed by atoms with van der Waals surface area (Å²) in [5.41, 5.74) is 2.13. The standard InChI is InChI=1S/C26H21NO/c1-16-12-13-21-20-10-7-11-22(23-14-17(2)18(3)15-27-23)25(20)28-26(21)24(16)19-8-5-4-6-9-19/h4-15H,1-3H3/i1D3,2D3,3D3. The number of nitrogens with zero attached hydrogens (tertiary/aromatic N) is 1. The molecule has 0 N–H and O–H groups in total. The Bertz CT molecular complexity index is 1630. The van der Waals surface area contributed by atoms with Gasteiger partial charge in [-0.15, -0.1) is 0 Å². The van der Waals surface area contributed by atoms with E-state index >= 15 is 0 Å². The van der Waals surface area contributed by atoms with E-state index in [0.29, 0.717) is 38.6 Å². The average Bonchev–Trinajstić information content (AvgIpc) is 3.21. The van der Waals surface area contributed by atoms with Crippen LogP contribution >= 0.6 is 0 Å². The fraction of sp³-hybridized carbons (Fsp3) is 0.115. The molecule has 2 heterocycles. The number of benzene rings is 3. The van der Waals surface area contributed by atoms with Gasteiger partial charge in [0.1, 0.15) is 11.2 Å². The number of fused-ring (bicyclic) bond motifs is 3. The molecule has 0 saturated carbocycles. The molecular formula is C26H21NO. The molecule has 136 valence electrons. The van der Waals surface area contributed by atoms with Crippen molar-refractivity contribution in [3.05, 3.63) is 89.6 Å². The summed E-state index contributed by atoms with van der Waals surface area (Å²) < 4.78 is 77.4. The fourth-order valence-electron chi connectivity index (χ4n) is 3.56. The van der Waals surface area contributed by atoms with Gasteiger partial charge in [-0.25, -0.2) is 0 Å². The minimum absolute atomic E-state index is 0.150. The Balaban J connectivity index is 1.83. The SMILES string of the molecule is [2H]C([2H])([2H])c1cnc(-c2cccc3c2oc2c(-c4ccccc4)c(C([2H])([2H])[2H])ccc23)cc1C([2H])([2H])[2H]. The normalized spacial score (nSPS) is 17.5. The van der Waals surface area contributed by atoms with Crippen molar-refractivity contribution in [3.8, 4) is 22.4 Å². The van der Waals surface area contributed by atoms with Gasteiger partial charge in [0, 0.05) is 40.4 Å². The van der Waals surface area contributed by atoms with Gasteiger partial charge < -0.3 is 4.42 Å². The Hall–Kier alpha value is -3.39. The van der Waals surface area contributed by atoms with Crippen LogP contribution in [0.15, 0.2) is 77.3 Å². The lowest BCUT2D eigenvalue weighted by molar-refractivity contribution is 0.670. The van der Waals surface area contributed by atoms with Gasteiger partial charge in [0.25, 0.3) is 0 Å². The maximum absolute atomic E-state index is 8.08. The summed E-state index contributed by atoms with van der Waals surface area (Å²) in [5.74, 6) is 0. The highest BCUT2D eigenvalue weighted by Gasteiger charge is 2.17. The number of rotatable bonds is 2. The molecule has 0 fully saturated rings. The molecule has 0 atom stereocenters. The molecule has 0 aliphatic heterocycles. The van der Waals surface area contributed by atoms with E-state index in [2.05, 4.69) is 4.98 Å². The van der Waals surface area contributed by atoms with Crippen LogP contribution in [0.1, 0.15) is 29.0 Å². The number of para-hydroxylation sites is 1. The first kappa shape index (κ1) is 9.70. The molecule has 2 heteroatoms. The maximum Gasteiger partial charge on any atom is 0.144 e. The third-order valence-electron chi connectivity index (χ3n) is 4.91. The van der Waals surface area contributed by atoms with E-state index < -0.39 is 20.6 Å². The van der Waals surface area contributed by atoms with E-state index in [1.165, 1.54) is 6.07 Å². The second kappa shape index (κ2) is 6.35. The minimum atomic E-state index is -2.67. The van der Waals surface area contributed by atoms with Crippen LogP contribution in [0.4, 0.5) is 0 Å². The van der Waals surface area contributed by atoms with Gasteiger partial charge in [-0.3, -0.25) is 4.98 Å². The number of pyridine rings is 1. The van der Waals surface area contributed by atoms with Gasteiger partial charge in [0.05, 0.1) is 5.69 Å². The Labute approximate surface area is 177 Å². The van der Waals surface area contributed by atoms with E-state index in [0.717, 1.165) is 6.20 Å². The molecule has 5 aromatic rings. The minimum Gasteiger partial charge on any atom is -0.455 e. The molecule has 0 unspecified atom stereocenters. The van der Waals surface area contributed by atoms with Crippen molar-refractivity contribution in [2.75, 3.05) is 0 Å². The smallest absolute Gasteiger partial charge is 0.144 e. The molecule has 28 heavy (non-hydrogen) atoms. The van der Waals surface area contributed by atoms with Crippen LogP contribution in [0, 0.1) is 20.6 Å². The number of hydrogen-bond acceptors (Lipinski definition) is 2. The summed E-state index contributed by atoms with van der Waals surface area (Å²) >= 11 is 0. The molecule has 0 aliphatic carbocycles. The quantitative estimate of drug-likeness (QED) is 0.326. The van der Waals surface area contributed by atoms with E-state index in [1.54, 1.807) is 24.3 Å². The Kier molecular flexibility index (Phi) is 2.20. The molecule has 0 bridgehead atoms. The summed E-state index contributed by atoms with van der Waals surface area (Å²) in [6.45, 7) is -7.70. The molecule has 0 aliphatic rings. The lowest BCUT2D eigenvalue weighted by Crippen LogP contribution is -1.88. The van der Waals surface area contributed by atoms with Gasteiger partial charge >= 0.3 is 0 Å². The van der Waals surface area contributed by atoms with E-state index in [-0.39, 0.29) is 22.4 Å². The maximum atomic E-state index is 8.08. The predicted molar refractivity (Wildman–Crippen MR) is 117 cm³/mol. The van der Waals surface area contributed by atoms with Crippen molar-refractivity contribution >= 4 is 21.9 Å². The van der Waals surface area contributed by atoms with Gasteiger partial charge in [0.2, 0.25) is 0 Å². The van der Waals surface area contributed by atoms with Crippen molar-refractivity contribution in [2.45, 2.75) is 20.6 Å². The van der Waals surface area contributed by atoms with Crippen LogP contribution in [0.5, 0.6) is 0 Å². The highest BCUT2D eigenvalue weighted by atomic mass is 16.3. The predicted octanol–water partition coefficient (Wildman–Crippen LogP) is 7.24. The molecule has 0 spiro atoms. The summed E-state index contributed by atoms with van der Waals surface area (Å²) in [6.07, 6.45) is 1.08.